The van der Waals surface area contributed by atoms with E-state index < -0.39 is 12.1 Å². The standard InChI is InChI=1S/C18H25N5O3S/c1-10-5-7-11(8-6-10)14-20-15-13(16(21-14)27-9-12(24)19-2)17(25)23(4)18(26)22(15)3/h5-8,13-16,20-21H,9H2,1-4H3,(H,19,24). The lowest BCUT2D eigenvalue weighted by atomic mass is 9.96. The van der Waals surface area contributed by atoms with Gasteiger partial charge in [-0.15, -0.1) is 11.8 Å². The van der Waals surface area contributed by atoms with E-state index in [1.54, 1.807) is 19.0 Å². The van der Waals surface area contributed by atoms with E-state index in [-0.39, 0.29) is 35.1 Å². The Morgan fingerprint density at radius 1 is 1.19 bits per heavy atom. The van der Waals surface area contributed by atoms with Crippen LogP contribution in [0.2, 0.25) is 0 Å². The zero-order valence-corrected chi connectivity index (χ0v) is 16.7. The number of fused-ring (bicyclic) bond motifs is 1. The average molecular weight is 391 g/mol. The summed E-state index contributed by atoms with van der Waals surface area (Å²) in [6, 6.07) is 7.73. The SMILES string of the molecule is CNC(=O)CSC1NC(c2ccc(C)cc2)NC2C1C(=O)N(C)C(=O)N2C. The first-order chi connectivity index (χ1) is 12.8. The molecule has 3 rings (SSSR count). The monoisotopic (exact) mass is 391 g/mol. The molecule has 0 bridgehead atoms. The third-order valence-electron chi connectivity index (χ3n) is 5.04. The molecule has 0 saturated carbocycles. The van der Waals surface area contributed by atoms with Crippen LogP contribution >= 0.6 is 11.8 Å². The molecule has 0 aliphatic carbocycles. The summed E-state index contributed by atoms with van der Waals surface area (Å²) in [5.74, 6) is -0.620. The molecule has 8 nitrogen and oxygen atoms in total. The van der Waals surface area contributed by atoms with Crippen LogP contribution in [-0.4, -0.2) is 66.1 Å². The predicted molar refractivity (Wildman–Crippen MR) is 104 cm³/mol. The van der Waals surface area contributed by atoms with Crippen LogP contribution in [0.25, 0.3) is 0 Å². The molecule has 4 atom stereocenters. The second-order valence-corrected chi connectivity index (χ2v) is 7.97. The summed E-state index contributed by atoms with van der Waals surface area (Å²) in [7, 11) is 4.76. The van der Waals surface area contributed by atoms with Gasteiger partial charge in [0.1, 0.15) is 0 Å². The fourth-order valence-corrected chi connectivity index (χ4v) is 4.57. The molecular weight excluding hydrogens is 366 g/mol. The number of nitrogens with one attached hydrogen (secondary N) is 3. The molecule has 2 heterocycles. The number of nitrogens with zero attached hydrogens (tertiary/aromatic N) is 2. The van der Waals surface area contributed by atoms with Crippen LogP contribution in [0.4, 0.5) is 4.79 Å². The molecule has 4 unspecified atom stereocenters. The zero-order chi connectivity index (χ0) is 19.7. The molecule has 1 aromatic carbocycles. The molecule has 0 spiro atoms. The van der Waals surface area contributed by atoms with Gasteiger partial charge in [-0.25, -0.2) is 4.79 Å². The molecule has 1 aromatic rings. The van der Waals surface area contributed by atoms with Crippen molar-refractivity contribution in [2.45, 2.75) is 24.6 Å². The van der Waals surface area contributed by atoms with Crippen LogP contribution in [0.5, 0.6) is 0 Å². The summed E-state index contributed by atoms with van der Waals surface area (Å²) >= 11 is 1.38. The van der Waals surface area contributed by atoms with Crippen molar-refractivity contribution in [3.05, 3.63) is 35.4 Å². The van der Waals surface area contributed by atoms with E-state index in [1.165, 1.54) is 18.8 Å². The van der Waals surface area contributed by atoms with Crippen LogP contribution in [0.1, 0.15) is 17.3 Å². The Bertz CT molecular complexity index is 741. The number of hydrogen-bond acceptors (Lipinski definition) is 6. The number of thioether (sulfide) groups is 1. The summed E-state index contributed by atoms with van der Waals surface area (Å²) in [5, 5.41) is 9.11. The lowest BCUT2D eigenvalue weighted by molar-refractivity contribution is -0.140. The van der Waals surface area contributed by atoms with E-state index in [0.717, 1.165) is 16.0 Å². The van der Waals surface area contributed by atoms with Crippen LogP contribution in [-0.2, 0) is 9.59 Å². The summed E-state index contributed by atoms with van der Waals surface area (Å²) in [6.45, 7) is 2.02. The van der Waals surface area contributed by atoms with Gasteiger partial charge in [0, 0.05) is 21.1 Å². The number of imide groups is 1. The number of aryl methyl sites for hydroxylation is 1. The van der Waals surface area contributed by atoms with Gasteiger partial charge in [0.05, 0.1) is 29.4 Å². The number of carbonyl (C=O) groups excluding carboxylic acids is 3. The average Bonchev–Trinajstić information content (AvgIpc) is 2.68. The van der Waals surface area contributed by atoms with Crippen molar-refractivity contribution < 1.29 is 14.4 Å². The van der Waals surface area contributed by atoms with Gasteiger partial charge < -0.3 is 10.2 Å². The van der Waals surface area contributed by atoms with Crippen molar-refractivity contribution in [2.24, 2.45) is 5.92 Å². The van der Waals surface area contributed by atoms with Crippen molar-refractivity contribution in [1.82, 2.24) is 25.8 Å². The molecule has 146 valence electrons. The lowest BCUT2D eigenvalue weighted by Gasteiger charge is -2.50. The van der Waals surface area contributed by atoms with Crippen molar-refractivity contribution in [3.8, 4) is 0 Å². The zero-order valence-electron chi connectivity index (χ0n) is 15.9. The van der Waals surface area contributed by atoms with Gasteiger partial charge in [-0.1, -0.05) is 29.8 Å². The summed E-state index contributed by atoms with van der Waals surface area (Å²) in [5.41, 5.74) is 2.16. The molecule has 2 aliphatic rings. The molecule has 3 N–H and O–H groups in total. The number of urea groups is 1. The fourth-order valence-electron chi connectivity index (χ4n) is 3.39. The number of amides is 4. The fraction of sp³-hybridized carbons (Fsp3) is 0.500. The minimum atomic E-state index is -0.492. The highest BCUT2D eigenvalue weighted by Crippen LogP contribution is 2.34. The first-order valence-electron chi connectivity index (χ1n) is 8.78. The van der Waals surface area contributed by atoms with Crippen LogP contribution < -0.4 is 16.0 Å². The third kappa shape index (κ3) is 3.80. The Labute approximate surface area is 163 Å². The molecule has 9 heteroatoms. The van der Waals surface area contributed by atoms with Crippen LogP contribution in [0, 0.1) is 12.8 Å². The van der Waals surface area contributed by atoms with Gasteiger partial charge in [-0.05, 0) is 12.5 Å². The number of carbonyl (C=O) groups is 3. The first kappa shape index (κ1) is 19.7. The minimum absolute atomic E-state index is 0.107. The number of rotatable bonds is 4. The maximum absolute atomic E-state index is 12.8. The van der Waals surface area contributed by atoms with Gasteiger partial charge in [0.15, 0.2) is 0 Å². The maximum atomic E-state index is 12.8. The Hall–Kier alpha value is -2.10. The predicted octanol–water partition coefficient (Wildman–Crippen LogP) is 0.458. The highest BCUT2D eigenvalue weighted by molar-refractivity contribution is 8.00. The van der Waals surface area contributed by atoms with E-state index in [1.807, 2.05) is 31.2 Å². The molecule has 0 radical (unpaired) electrons. The van der Waals surface area contributed by atoms with E-state index in [0.29, 0.717) is 0 Å². The van der Waals surface area contributed by atoms with E-state index in [2.05, 4.69) is 16.0 Å². The molecule has 4 amide bonds. The second-order valence-electron chi connectivity index (χ2n) is 6.84. The number of hydrogen-bond donors (Lipinski definition) is 3. The molecule has 2 saturated heterocycles. The largest absolute Gasteiger partial charge is 0.358 e. The van der Waals surface area contributed by atoms with Crippen molar-refractivity contribution in [3.63, 3.8) is 0 Å². The van der Waals surface area contributed by atoms with Gasteiger partial charge in [-0.2, -0.15) is 0 Å². The smallest absolute Gasteiger partial charge is 0.327 e. The minimum Gasteiger partial charge on any atom is -0.358 e. The summed E-state index contributed by atoms with van der Waals surface area (Å²) < 4.78 is 0. The molecule has 2 aliphatic heterocycles. The van der Waals surface area contributed by atoms with Crippen LogP contribution in [0.15, 0.2) is 24.3 Å². The van der Waals surface area contributed by atoms with Gasteiger partial charge in [0.25, 0.3) is 0 Å². The first-order valence-corrected chi connectivity index (χ1v) is 9.83. The van der Waals surface area contributed by atoms with Crippen molar-refractivity contribution >= 4 is 29.6 Å². The molecular formula is C18H25N5O3S. The Morgan fingerprint density at radius 2 is 1.85 bits per heavy atom. The van der Waals surface area contributed by atoms with Gasteiger partial charge in [-0.3, -0.25) is 25.1 Å². The van der Waals surface area contributed by atoms with Gasteiger partial charge >= 0.3 is 6.03 Å². The van der Waals surface area contributed by atoms with E-state index in [4.69, 9.17) is 0 Å². The Balaban J connectivity index is 1.90. The maximum Gasteiger partial charge on any atom is 0.327 e. The van der Waals surface area contributed by atoms with Crippen molar-refractivity contribution in [1.29, 1.82) is 0 Å². The van der Waals surface area contributed by atoms with E-state index >= 15 is 0 Å². The normalized spacial score (nSPS) is 28.1. The van der Waals surface area contributed by atoms with E-state index in [9.17, 15) is 14.4 Å². The lowest BCUT2D eigenvalue weighted by Crippen LogP contribution is -2.72. The van der Waals surface area contributed by atoms with Crippen LogP contribution in [0.3, 0.4) is 0 Å². The van der Waals surface area contributed by atoms with Gasteiger partial charge in [0.2, 0.25) is 11.8 Å². The molecule has 27 heavy (non-hydrogen) atoms. The quantitative estimate of drug-likeness (QED) is 0.690. The summed E-state index contributed by atoms with van der Waals surface area (Å²) in [4.78, 5) is 39.6. The highest BCUT2D eigenvalue weighted by Gasteiger charge is 2.51. The Kier molecular flexibility index (Phi) is 5.73. The molecule has 2 fully saturated rings. The third-order valence-corrected chi connectivity index (χ3v) is 6.26. The number of benzene rings is 1. The summed E-state index contributed by atoms with van der Waals surface area (Å²) in [6.07, 6.45) is -0.684. The second kappa shape index (κ2) is 7.87. The molecule has 0 aromatic heterocycles. The highest BCUT2D eigenvalue weighted by atomic mass is 32.2. The Morgan fingerprint density at radius 3 is 2.48 bits per heavy atom. The topological polar surface area (TPSA) is 93.8 Å². The van der Waals surface area contributed by atoms with Crippen molar-refractivity contribution in [2.75, 3.05) is 26.9 Å².